The van der Waals surface area contributed by atoms with Gasteiger partial charge in [-0.3, -0.25) is 9.59 Å². The van der Waals surface area contributed by atoms with Gasteiger partial charge in [0.25, 0.3) is 0 Å². The maximum Gasteiger partial charge on any atom is 0.152 e. The maximum absolute atomic E-state index is 12.0. The Kier molecular flexibility index (Phi) is 2.03. The summed E-state index contributed by atoms with van der Waals surface area (Å²) in [6.07, 6.45) is 1.40. The van der Waals surface area contributed by atoms with Gasteiger partial charge in [-0.05, 0) is 32.1 Å². The Morgan fingerprint density at radius 1 is 1.57 bits per heavy atom. The number of aliphatic hydroxyl groups excluding tert-OH is 1. The zero-order valence-corrected chi connectivity index (χ0v) is 8.62. The third-order valence-corrected chi connectivity index (χ3v) is 4.16. The van der Waals surface area contributed by atoms with Crippen LogP contribution < -0.4 is 0 Å². The number of rotatable bonds is 1. The lowest BCUT2D eigenvalue weighted by Crippen LogP contribution is -2.48. The maximum atomic E-state index is 12.0. The van der Waals surface area contributed by atoms with Crippen molar-refractivity contribution in [3.63, 3.8) is 0 Å². The molecule has 0 heterocycles. The third kappa shape index (κ3) is 0.962. The normalized spacial score (nSPS) is 46.8. The van der Waals surface area contributed by atoms with Crippen LogP contribution in [0.2, 0.25) is 0 Å². The molecule has 0 spiro atoms. The molecule has 0 amide bonds. The standard InChI is InChI=1S/C11H16O3/c1-6-5-9(13)8-3-4-11(6,7(2)12)10(8)14/h6,8-9,13H,3-5H2,1-2H3/t6-,8+,9+,11-/m1/s1. The van der Waals surface area contributed by atoms with Crippen LogP contribution in [-0.4, -0.2) is 22.8 Å². The molecule has 14 heavy (non-hydrogen) atoms. The zero-order chi connectivity index (χ0) is 10.5. The average Bonchev–Trinajstić information content (AvgIpc) is 2.35. The fourth-order valence-corrected chi connectivity index (χ4v) is 3.25. The first-order valence-corrected chi connectivity index (χ1v) is 5.23. The first kappa shape index (κ1) is 9.84. The summed E-state index contributed by atoms with van der Waals surface area (Å²) < 4.78 is 0. The number of aliphatic hydroxyl groups is 1. The number of fused-ring (bicyclic) bond motifs is 2. The Bertz CT molecular complexity index is 297. The van der Waals surface area contributed by atoms with Crippen molar-refractivity contribution in [1.29, 1.82) is 0 Å². The summed E-state index contributed by atoms with van der Waals surface area (Å²) in [6.45, 7) is 3.42. The van der Waals surface area contributed by atoms with Crippen LogP contribution in [0, 0.1) is 17.3 Å². The minimum atomic E-state index is -0.746. The van der Waals surface area contributed by atoms with E-state index in [2.05, 4.69) is 0 Å². The molecule has 0 aromatic heterocycles. The van der Waals surface area contributed by atoms with Gasteiger partial charge < -0.3 is 5.11 Å². The molecule has 2 aliphatic carbocycles. The molecule has 0 saturated heterocycles. The molecule has 2 rings (SSSR count). The molecule has 0 aromatic carbocycles. The summed E-state index contributed by atoms with van der Waals surface area (Å²) in [5.41, 5.74) is -0.746. The Morgan fingerprint density at radius 3 is 2.79 bits per heavy atom. The quantitative estimate of drug-likeness (QED) is 0.635. The van der Waals surface area contributed by atoms with Crippen LogP contribution in [0.5, 0.6) is 0 Å². The number of carbonyl (C=O) groups is 2. The van der Waals surface area contributed by atoms with E-state index in [4.69, 9.17) is 0 Å². The number of hydrogen-bond acceptors (Lipinski definition) is 3. The molecule has 4 atom stereocenters. The lowest BCUT2D eigenvalue weighted by molar-refractivity contribution is -0.148. The van der Waals surface area contributed by atoms with Crippen LogP contribution >= 0.6 is 0 Å². The van der Waals surface area contributed by atoms with Gasteiger partial charge in [-0.2, -0.15) is 0 Å². The van der Waals surface area contributed by atoms with Crippen LogP contribution in [0.4, 0.5) is 0 Å². The molecule has 2 bridgehead atoms. The van der Waals surface area contributed by atoms with Crippen LogP contribution in [0.3, 0.4) is 0 Å². The van der Waals surface area contributed by atoms with Gasteiger partial charge in [-0.25, -0.2) is 0 Å². The molecule has 78 valence electrons. The predicted molar refractivity (Wildman–Crippen MR) is 50.6 cm³/mol. The first-order valence-electron chi connectivity index (χ1n) is 5.23. The predicted octanol–water partition coefficient (Wildman–Crippen LogP) is 0.942. The summed E-state index contributed by atoms with van der Waals surface area (Å²) in [4.78, 5) is 23.6. The molecule has 3 nitrogen and oxygen atoms in total. The minimum absolute atomic E-state index is 0.00116. The highest BCUT2D eigenvalue weighted by Gasteiger charge is 2.59. The molecule has 2 aliphatic rings. The van der Waals surface area contributed by atoms with Crippen molar-refractivity contribution in [3.8, 4) is 0 Å². The van der Waals surface area contributed by atoms with E-state index < -0.39 is 11.5 Å². The summed E-state index contributed by atoms with van der Waals surface area (Å²) in [5, 5.41) is 9.70. The average molecular weight is 196 g/mol. The topological polar surface area (TPSA) is 54.4 Å². The summed E-state index contributed by atoms with van der Waals surface area (Å²) in [5.74, 6) is -0.281. The van der Waals surface area contributed by atoms with E-state index in [0.717, 1.165) is 0 Å². The molecule has 2 saturated carbocycles. The van der Waals surface area contributed by atoms with Gasteiger partial charge in [-0.15, -0.1) is 0 Å². The number of ketones is 2. The summed E-state index contributed by atoms with van der Waals surface area (Å²) in [6, 6.07) is 0. The molecular weight excluding hydrogens is 180 g/mol. The lowest BCUT2D eigenvalue weighted by atomic mass is 9.64. The van der Waals surface area contributed by atoms with Crippen molar-refractivity contribution in [3.05, 3.63) is 0 Å². The first-order chi connectivity index (χ1) is 6.50. The van der Waals surface area contributed by atoms with E-state index in [1.165, 1.54) is 6.92 Å². The highest BCUT2D eigenvalue weighted by Crippen LogP contribution is 2.52. The van der Waals surface area contributed by atoms with Gasteiger partial charge in [0.05, 0.1) is 11.5 Å². The number of carbonyl (C=O) groups excluding carboxylic acids is 2. The zero-order valence-electron chi connectivity index (χ0n) is 8.62. The van der Waals surface area contributed by atoms with Crippen LogP contribution in [0.15, 0.2) is 0 Å². The summed E-state index contributed by atoms with van der Waals surface area (Å²) in [7, 11) is 0. The second-order valence-electron chi connectivity index (χ2n) is 4.74. The van der Waals surface area contributed by atoms with Gasteiger partial charge in [-0.1, -0.05) is 6.92 Å². The van der Waals surface area contributed by atoms with Crippen molar-refractivity contribution in [2.75, 3.05) is 0 Å². The Balaban J connectivity index is 2.43. The van der Waals surface area contributed by atoms with Crippen molar-refractivity contribution < 1.29 is 14.7 Å². The second-order valence-corrected chi connectivity index (χ2v) is 4.74. The van der Waals surface area contributed by atoms with Crippen LogP contribution in [0.1, 0.15) is 33.1 Å². The molecule has 1 N–H and O–H groups in total. The van der Waals surface area contributed by atoms with E-state index in [1.807, 2.05) is 6.92 Å². The molecular formula is C11H16O3. The van der Waals surface area contributed by atoms with E-state index in [0.29, 0.717) is 19.3 Å². The SMILES string of the molecule is CC(=O)[C@]12CC[C@H](C1=O)[C@@H](O)C[C@H]2C. The highest BCUT2D eigenvalue weighted by molar-refractivity contribution is 6.09. The number of hydrogen-bond donors (Lipinski definition) is 1. The molecule has 0 unspecified atom stereocenters. The lowest BCUT2D eigenvalue weighted by Gasteiger charge is -2.37. The van der Waals surface area contributed by atoms with Crippen molar-refractivity contribution >= 4 is 11.6 Å². The van der Waals surface area contributed by atoms with Crippen molar-refractivity contribution in [2.24, 2.45) is 17.3 Å². The molecule has 2 fully saturated rings. The van der Waals surface area contributed by atoms with E-state index >= 15 is 0 Å². The monoisotopic (exact) mass is 196 g/mol. The smallest absolute Gasteiger partial charge is 0.152 e. The van der Waals surface area contributed by atoms with Gasteiger partial charge in [0.1, 0.15) is 5.78 Å². The molecule has 3 heteroatoms. The second kappa shape index (κ2) is 2.89. The Labute approximate surface area is 83.5 Å². The fourth-order valence-electron chi connectivity index (χ4n) is 3.25. The molecule has 0 radical (unpaired) electrons. The Morgan fingerprint density at radius 2 is 2.21 bits per heavy atom. The van der Waals surface area contributed by atoms with Gasteiger partial charge in [0.2, 0.25) is 0 Å². The van der Waals surface area contributed by atoms with Crippen LogP contribution in [0.25, 0.3) is 0 Å². The van der Waals surface area contributed by atoms with E-state index in [-0.39, 0.29) is 23.4 Å². The van der Waals surface area contributed by atoms with Crippen molar-refractivity contribution in [1.82, 2.24) is 0 Å². The van der Waals surface area contributed by atoms with Gasteiger partial charge in [0.15, 0.2) is 5.78 Å². The fraction of sp³-hybridized carbons (Fsp3) is 0.818. The minimum Gasteiger partial charge on any atom is -0.392 e. The Hall–Kier alpha value is -0.700. The van der Waals surface area contributed by atoms with Crippen molar-refractivity contribution in [2.45, 2.75) is 39.2 Å². The van der Waals surface area contributed by atoms with E-state index in [1.54, 1.807) is 0 Å². The number of Topliss-reactive ketones (excluding diaryl/α,β-unsaturated/α-hetero) is 2. The summed E-state index contributed by atoms with van der Waals surface area (Å²) >= 11 is 0. The van der Waals surface area contributed by atoms with Crippen LogP contribution in [-0.2, 0) is 9.59 Å². The van der Waals surface area contributed by atoms with E-state index in [9.17, 15) is 14.7 Å². The molecule has 0 aromatic rings. The molecule has 0 aliphatic heterocycles. The van der Waals surface area contributed by atoms with Gasteiger partial charge >= 0.3 is 0 Å². The highest BCUT2D eigenvalue weighted by atomic mass is 16.3. The van der Waals surface area contributed by atoms with Gasteiger partial charge in [0, 0.05) is 5.92 Å². The third-order valence-electron chi connectivity index (χ3n) is 4.16. The largest absolute Gasteiger partial charge is 0.392 e.